The molecule has 0 aliphatic carbocycles. The molecule has 0 radical (unpaired) electrons. The molecule has 1 fully saturated rings. The average molecular weight is 437 g/mol. The van der Waals surface area contributed by atoms with Gasteiger partial charge in [0, 0.05) is 18.1 Å². The summed E-state index contributed by atoms with van der Waals surface area (Å²) in [5.74, 6) is -0.240. The lowest BCUT2D eigenvalue weighted by atomic mass is 10.0. The Kier molecular flexibility index (Phi) is 6.69. The van der Waals surface area contributed by atoms with E-state index in [9.17, 15) is 9.18 Å². The van der Waals surface area contributed by atoms with Gasteiger partial charge in [0.2, 0.25) is 5.91 Å². The summed E-state index contributed by atoms with van der Waals surface area (Å²) < 4.78 is 13.1. The number of likely N-dealkylation sites (tertiary alicyclic amines) is 1. The highest BCUT2D eigenvalue weighted by Crippen LogP contribution is 2.27. The Balaban J connectivity index is 1.41. The van der Waals surface area contributed by atoms with Gasteiger partial charge in [-0.25, -0.2) is 4.39 Å². The number of amides is 1. The molecule has 1 N–H and O–H groups in total. The smallest absolute Gasteiger partial charge is 0.237 e. The van der Waals surface area contributed by atoms with Crippen molar-refractivity contribution in [3.63, 3.8) is 0 Å². The molecule has 1 unspecified atom stereocenters. The maximum atomic E-state index is 13.1. The van der Waals surface area contributed by atoms with E-state index in [1.165, 1.54) is 17.7 Å². The van der Waals surface area contributed by atoms with Crippen LogP contribution in [0.3, 0.4) is 0 Å². The maximum Gasteiger partial charge on any atom is 0.237 e. The van der Waals surface area contributed by atoms with Crippen molar-refractivity contribution in [2.45, 2.75) is 38.9 Å². The normalized spacial score (nSPS) is 16.4. The van der Waals surface area contributed by atoms with E-state index < -0.39 is 0 Å². The highest BCUT2D eigenvalue weighted by atomic mass is 35.5. The minimum Gasteiger partial charge on any atom is -0.351 e. The number of hydrogen-bond acceptors (Lipinski definition) is 2. The first kappa shape index (κ1) is 21.5. The molecule has 0 spiro atoms. The van der Waals surface area contributed by atoms with Gasteiger partial charge in [-0.1, -0.05) is 54.1 Å². The van der Waals surface area contributed by atoms with Crippen LogP contribution < -0.4 is 5.32 Å². The Morgan fingerprint density at radius 1 is 1.06 bits per heavy atom. The molecular weight excluding hydrogens is 411 g/mol. The SMILES string of the molecule is Cc1ccc(-c2cccc(CN3CCCC3C(=O)NCc3ccc(F)cc3)c2)cc1Cl. The zero-order chi connectivity index (χ0) is 21.8. The summed E-state index contributed by atoms with van der Waals surface area (Å²) in [6.45, 7) is 4.03. The van der Waals surface area contributed by atoms with Crippen LogP contribution in [0.1, 0.15) is 29.5 Å². The standard InChI is InChI=1S/C26H26ClFN2O/c1-18-7-10-22(15-24(18)27)21-5-2-4-20(14-21)17-30-13-3-6-25(30)26(31)29-16-19-8-11-23(28)12-9-19/h2,4-5,7-12,14-15,25H,3,6,13,16-17H2,1H3,(H,29,31). The lowest BCUT2D eigenvalue weighted by Crippen LogP contribution is -2.42. The van der Waals surface area contributed by atoms with Crippen molar-refractivity contribution in [1.82, 2.24) is 10.2 Å². The molecule has 3 aromatic carbocycles. The van der Waals surface area contributed by atoms with Gasteiger partial charge in [-0.05, 0) is 78.4 Å². The molecule has 31 heavy (non-hydrogen) atoms. The van der Waals surface area contributed by atoms with E-state index in [-0.39, 0.29) is 17.8 Å². The highest BCUT2D eigenvalue weighted by molar-refractivity contribution is 6.31. The summed E-state index contributed by atoms with van der Waals surface area (Å²) in [7, 11) is 0. The fourth-order valence-electron chi connectivity index (χ4n) is 4.08. The molecule has 1 aliphatic rings. The van der Waals surface area contributed by atoms with Gasteiger partial charge in [-0.2, -0.15) is 0 Å². The minimum atomic E-state index is -0.271. The number of rotatable bonds is 6. The quantitative estimate of drug-likeness (QED) is 0.534. The Morgan fingerprint density at radius 2 is 1.84 bits per heavy atom. The molecule has 5 heteroatoms. The molecule has 1 heterocycles. The van der Waals surface area contributed by atoms with E-state index in [0.717, 1.165) is 53.2 Å². The van der Waals surface area contributed by atoms with Crippen molar-refractivity contribution >= 4 is 17.5 Å². The van der Waals surface area contributed by atoms with E-state index in [4.69, 9.17) is 11.6 Å². The van der Waals surface area contributed by atoms with Crippen molar-refractivity contribution < 1.29 is 9.18 Å². The summed E-state index contributed by atoms with van der Waals surface area (Å²) >= 11 is 6.31. The third kappa shape index (κ3) is 5.33. The van der Waals surface area contributed by atoms with Gasteiger partial charge in [0.1, 0.15) is 5.82 Å². The summed E-state index contributed by atoms with van der Waals surface area (Å²) in [6.07, 6.45) is 1.85. The molecule has 1 atom stereocenters. The number of nitrogens with zero attached hydrogens (tertiary/aromatic N) is 1. The molecule has 3 nitrogen and oxygen atoms in total. The number of carbonyl (C=O) groups is 1. The summed E-state index contributed by atoms with van der Waals surface area (Å²) in [5.41, 5.74) is 5.34. The van der Waals surface area contributed by atoms with Crippen LogP contribution in [0.4, 0.5) is 4.39 Å². The van der Waals surface area contributed by atoms with Crippen LogP contribution in [0.15, 0.2) is 66.7 Å². The van der Waals surface area contributed by atoms with Gasteiger partial charge in [0.05, 0.1) is 6.04 Å². The second kappa shape index (κ2) is 9.63. The van der Waals surface area contributed by atoms with Gasteiger partial charge < -0.3 is 5.32 Å². The third-order valence-corrected chi connectivity index (χ3v) is 6.27. The fraction of sp³-hybridized carbons (Fsp3) is 0.269. The molecule has 4 rings (SSSR count). The van der Waals surface area contributed by atoms with E-state index in [2.05, 4.69) is 40.5 Å². The van der Waals surface area contributed by atoms with E-state index in [1.807, 2.05) is 19.1 Å². The first-order valence-electron chi connectivity index (χ1n) is 10.6. The molecule has 1 aliphatic heterocycles. The molecular formula is C26H26ClFN2O. The molecule has 0 saturated carbocycles. The molecule has 3 aromatic rings. The van der Waals surface area contributed by atoms with Crippen molar-refractivity contribution in [3.8, 4) is 11.1 Å². The second-order valence-corrected chi connectivity index (χ2v) is 8.54. The Hall–Kier alpha value is -2.69. The van der Waals surface area contributed by atoms with Crippen molar-refractivity contribution in [1.29, 1.82) is 0 Å². The van der Waals surface area contributed by atoms with E-state index in [0.29, 0.717) is 6.54 Å². The topological polar surface area (TPSA) is 32.3 Å². The summed E-state index contributed by atoms with van der Waals surface area (Å²) in [4.78, 5) is 15.0. The monoisotopic (exact) mass is 436 g/mol. The van der Waals surface area contributed by atoms with E-state index in [1.54, 1.807) is 12.1 Å². The number of carbonyl (C=O) groups excluding carboxylic acids is 1. The first-order valence-corrected chi connectivity index (χ1v) is 11.0. The van der Waals surface area contributed by atoms with Crippen LogP contribution in [0.2, 0.25) is 5.02 Å². The van der Waals surface area contributed by atoms with Crippen molar-refractivity contribution in [2.24, 2.45) is 0 Å². The van der Waals surface area contributed by atoms with Gasteiger partial charge in [-0.15, -0.1) is 0 Å². The van der Waals surface area contributed by atoms with Crippen LogP contribution >= 0.6 is 11.6 Å². The van der Waals surface area contributed by atoms with Gasteiger partial charge in [-0.3, -0.25) is 9.69 Å². The maximum absolute atomic E-state index is 13.1. The number of benzene rings is 3. The molecule has 160 valence electrons. The average Bonchev–Trinajstić information content (AvgIpc) is 3.23. The number of aryl methyl sites for hydroxylation is 1. The van der Waals surface area contributed by atoms with Crippen LogP contribution in [-0.4, -0.2) is 23.4 Å². The summed E-state index contributed by atoms with van der Waals surface area (Å²) in [6, 6.07) is 20.6. The predicted molar refractivity (Wildman–Crippen MR) is 123 cm³/mol. The predicted octanol–water partition coefficient (Wildman–Crippen LogP) is 5.74. The van der Waals surface area contributed by atoms with Gasteiger partial charge in [0.15, 0.2) is 0 Å². The number of hydrogen-bond donors (Lipinski definition) is 1. The molecule has 1 amide bonds. The molecule has 0 aromatic heterocycles. The second-order valence-electron chi connectivity index (χ2n) is 8.14. The zero-order valence-electron chi connectivity index (χ0n) is 17.6. The van der Waals surface area contributed by atoms with Crippen LogP contribution in [0, 0.1) is 12.7 Å². The number of nitrogens with one attached hydrogen (secondary N) is 1. The lowest BCUT2D eigenvalue weighted by Gasteiger charge is -2.24. The largest absolute Gasteiger partial charge is 0.351 e. The fourth-order valence-corrected chi connectivity index (χ4v) is 4.26. The Morgan fingerprint density at radius 3 is 2.61 bits per heavy atom. The molecule has 0 bridgehead atoms. The van der Waals surface area contributed by atoms with Gasteiger partial charge in [0.25, 0.3) is 0 Å². The summed E-state index contributed by atoms with van der Waals surface area (Å²) in [5, 5.41) is 3.77. The van der Waals surface area contributed by atoms with Gasteiger partial charge >= 0.3 is 0 Å². The lowest BCUT2D eigenvalue weighted by molar-refractivity contribution is -0.125. The number of halogens is 2. The first-order chi connectivity index (χ1) is 15.0. The van der Waals surface area contributed by atoms with E-state index >= 15 is 0 Å². The van der Waals surface area contributed by atoms with Crippen LogP contribution in [0.25, 0.3) is 11.1 Å². The Labute approximate surface area is 187 Å². The Bertz CT molecular complexity index is 1070. The highest BCUT2D eigenvalue weighted by Gasteiger charge is 2.30. The van der Waals surface area contributed by atoms with Crippen LogP contribution in [-0.2, 0) is 17.9 Å². The third-order valence-electron chi connectivity index (χ3n) is 5.86. The zero-order valence-corrected chi connectivity index (χ0v) is 18.3. The molecule has 1 saturated heterocycles. The van der Waals surface area contributed by atoms with Crippen molar-refractivity contribution in [3.05, 3.63) is 94.3 Å². The van der Waals surface area contributed by atoms with Crippen LogP contribution in [0.5, 0.6) is 0 Å². The minimum absolute atomic E-state index is 0.0308. The van der Waals surface area contributed by atoms with Crippen molar-refractivity contribution in [2.75, 3.05) is 6.54 Å².